The summed E-state index contributed by atoms with van der Waals surface area (Å²) < 4.78 is 1.78. The van der Waals surface area contributed by atoms with Crippen LogP contribution in [0.3, 0.4) is 0 Å². The van der Waals surface area contributed by atoms with Gasteiger partial charge in [-0.1, -0.05) is 58.5 Å². The molecule has 10 heteroatoms. The van der Waals surface area contributed by atoms with E-state index in [1.54, 1.807) is 4.68 Å². The fraction of sp³-hybridized carbons (Fsp3) is 0.273. The van der Waals surface area contributed by atoms with E-state index in [-0.39, 0.29) is 0 Å². The Kier molecular flexibility index (Phi) is 7.82. The zero-order valence-electron chi connectivity index (χ0n) is 17.1. The molecule has 168 valence electrons. The Morgan fingerprint density at radius 3 is 1.91 bits per heavy atom. The van der Waals surface area contributed by atoms with E-state index in [4.69, 9.17) is 58.6 Å². The number of hydrogen-bond acceptors (Lipinski definition) is 3. The first kappa shape index (κ1) is 23.6. The Hall–Kier alpha value is -1.54. The maximum absolute atomic E-state index is 6.31. The molecule has 1 aliphatic heterocycles. The molecular weight excluding hydrogens is 508 g/mol. The SMILES string of the molecule is S=C(Nc1ccn(Cc2c(Cl)cccc2Cl)n1)N1CCN(Cc2c(Cl)cccc2Cl)CC1. The van der Waals surface area contributed by atoms with Crippen molar-refractivity contribution in [2.45, 2.75) is 13.1 Å². The van der Waals surface area contributed by atoms with Crippen LogP contribution >= 0.6 is 58.6 Å². The Morgan fingerprint density at radius 2 is 1.34 bits per heavy atom. The molecule has 1 fully saturated rings. The van der Waals surface area contributed by atoms with Gasteiger partial charge in [0.25, 0.3) is 0 Å². The molecule has 0 saturated carbocycles. The van der Waals surface area contributed by atoms with Crippen molar-refractivity contribution in [2.24, 2.45) is 0 Å². The van der Waals surface area contributed by atoms with Crippen LogP contribution in [0, 0.1) is 0 Å². The Balaban J connectivity index is 1.30. The molecule has 3 aromatic rings. The Morgan fingerprint density at radius 1 is 0.812 bits per heavy atom. The van der Waals surface area contributed by atoms with Crippen LogP contribution in [0.2, 0.25) is 20.1 Å². The van der Waals surface area contributed by atoms with Crippen LogP contribution in [0.4, 0.5) is 5.82 Å². The first-order valence-electron chi connectivity index (χ1n) is 10.1. The Bertz CT molecular complexity index is 1070. The highest BCUT2D eigenvalue weighted by Crippen LogP contribution is 2.27. The van der Waals surface area contributed by atoms with Gasteiger partial charge in [-0.05, 0) is 36.5 Å². The van der Waals surface area contributed by atoms with E-state index in [9.17, 15) is 0 Å². The van der Waals surface area contributed by atoms with E-state index < -0.39 is 0 Å². The number of halogens is 4. The molecule has 0 atom stereocenters. The molecule has 0 aliphatic carbocycles. The molecule has 4 rings (SSSR count). The zero-order chi connectivity index (χ0) is 22.7. The highest BCUT2D eigenvalue weighted by Gasteiger charge is 2.21. The number of rotatable bonds is 5. The van der Waals surface area contributed by atoms with Crippen LogP contribution in [0.5, 0.6) is 0 Å². The molecule has 0 radical (unpaired) electrons. The summed E-state index contributed by atoms with van der Waals surface area (Å²) in [5.74, 6) is 0.684. The highest BCUT2D eigenvalue weighted by molar-refractivity contribution is 7.80. The number of thiocarbonyl (C=S) groups is 1. The number of anilines is 1. The molecule has 5 nitrogen and oxygen atoms in total. The minimum atomic E-state index is 0.482. The summed E-state index contributed by atoms with van der Waals surface area (Å²) in [5, 5.41) is 11.1. The van der Waals surface area contributed by atoms with E-state index >= 15 is 0 Å². The molecular formula is C22H21Cl4N5S. The van der Waals surface area contributed by atoms with Gasteiger partial charge in [0.15, 0.2) is 10.9 Å². The molecule has 2 aromatic carbocycles. The normalized spacial score (nSPS) is 14.6. The van der Waals surface area contributed by atoms with Gasteiger partial charge >= 0.3 is 0 Å². The van der Waals surface area contributed by atoms with Crippen LogP contribution in [0.15, 0.2) is 48.7 Å². The first-order chi connectivity index (χ1) is 15.4. The van der Waals surface area contributed by atoms with E-state index in [2.05, 4.69) is 20.2 Å². The maximum Gasteiger partial charge on any atom is 0.174 e. The quantitative estimate of drug-likeness (QED) is 0.407. The van der Waals surface area contributed by atoms with Gasteiger partial charge in [-0.3, -0.25) is 9.58 Å². The molecule has 1 aromatic heterocycles. The molecule has 32 heavy (non-hydrogen) atoms. The van der Waals surface area contributed by atoms with Crippen molar-refractivity contribution in [3.63, 3.8) is 0 Å². The number of nitrogens with zero attached hydrogens (tertiary/aromatic N) is 4. The number of hydrogen-bond donors (Lipinski definition) is 1. The molecule has 0 amide bonds. The molecule has 0 unspecified atom stereocenters. The average Bonchev–Trinajstić information content (AvgIpc) is 3.21. The van der Waals surface area contributed by atoms with Crippen molar-refractivity contribution in [2.75, 3.05) is 31.5 Å². The van der Waals surface area contributed by atoms with Gasteiger partial charge in [-0.2, -0.15) is 5.10 Å². The zero-order valence-corrected chi connectivity index (χ0v) is 20.9. The minimum absolute atomic E-state index is 0.482. The number of piperazine rings is 1. The van der Waals surface area contributed by atoms with Crippen LogP contribution in [0.1, 0.15) is 11.1 Å². The topological polar surface area (TPSA) is 36.3 Å². The van der Waals surface area contributed by atoms with Gasteiger partial charge in [0.05, 0.1) is 6.54 Å². The van der Waals surface area contributed by atoms with Gasteiger partial charge in [0, 0.05) is 76.2 Å². The summed E-state index contributed by atoms with van der Waals surface area (Å²) in [7, 11) is 0. The standard InChI is InChI=1S/C22H21Cl4N5S/c23-17-3-1-4-18(24)15(17)13-29-9-11-30(12-10-29)22(32)27-21-7-8-31(28-21)14-16-19(25)5-2-6-20(16)26/h1-8H,9-14H2,(H,27,28,32). The summed E-state index contributed by atoms with van der Waals surface area (Å²) in [4.78, 5) is 4.47. The second-order valence-electron chi connectivity index (χ2n) is 7.49. The summed E-state index contributed by atoms with van der Waals surface area (Å²) in [6.07, 6.45) is 1.87. The van der Waals surface area contributed by atoms with E-state index in [1.807, 2.05) is 48.7 Å². The molecule has 0 bridgehead atoms. The fourth-order valence-electron chi connectivity index (χ4n) is 3.57. The van der Waals surface area contributed by atoms with Gasteiger partial charge < -0.3 is 10.2 Å². The largest absolute Gasteiger partial charge is 0.346 e. The minimum Gasteiger partial charge on any atom is -0.346 e. The molecule has 1 N–H and O–H groups in total. The molecule has 0 spiro atoms. The second kappa shape index (κ2) is 10.6. The van der Waals surface area contributed by atoms with Crippen molar-refractivity contribution in [3.8, 4) is 0 Å². The third-order valence-electron chi connectivity index (χ3n) is 5.36. The van der Waals surface area contributed by atoms with Crippen molar-refractivity contribution < 1.29 is 0 Å². The van der Waals surface area contributed by atoms with Crippen LogP contribution < -0.4 is 5.32 Å². The van der Waals surface area contributed by atoms with E-state index in [0.717, 1.165) is 43.9 Å². The van der Waals surface area contributed by atoms with Gasteiger partial charge in [-0.15, -0.1) is 0 Å². The van der Waals surface area contributed by atoms with E-state index in [1.165, 1.54) is 0 Å². The lowest BCUT2D eigenvalue weighted by Gasteiger charge is -2.36. The lowest BCUT2D eigenvalue weighted by atomic mass is 10.2. The average molecular weight is 529 g/mol. The molecule has 1 saturated heterocycles. The fourth-order valence-corrected chi connectivity index (χ4v) is 4.89. The summed E-state index contributed by atoms with van der Waals surface area (Å²) in [5.41, 5.74) is 1.80. The number of nitrogens with one attached hydrogen (secondary N) is 1. The smallest absolute Gasteiger partial charge is 0.174 e. The predicted molar refractivity (Wildman–Crippen MR) is 137 cm³/mol. The number of aromatic nitrogens is 2. The molecule has 1 aliphatic rings. The van der Waals surface area contributed by atoms with Gasteiger partial charge in [0.1, 0.15) is 0 Å². The first-order valence-corrected chi connectivity index (χ1v) is 12.0. The second-order valence-corrected chi connectivity index (χ2v) is 9.51. The molecule has 2 heterocycles. The van der Waals surface area contributed by atoms with Crippen molar-refractivity contribution in [1.82, 2.24) is 19.6 Å². The van der Waals surface area contributed by atoms with Gasteiger partial charge in [-0.25, -0.2) is 0 Å². The van der Waals surface area contributed by atoms with Crippen LogP contribution in [-0.2, 0) is 13.1 Å². The lowest BCUT2D eigenvalue weighted by molar-refractivity contribution is 0.177. The maximum atomic E-state index is 6.31. The predicted octanol–water partition coefficient (Wildman–Crippen LogP) is 6.06. The van der Waals surface area contributed by atoms with E-state index in [0.29, 0.717) is 37.6 Å². The van der Waals surface area contributed by atoms with Crippen molar-refractivity contribution in [3.05, 3.63) is 79.9 Å². The highest BCUT2D eigenvalue weighted by atomic mass is 35.5. The summed E-state index contributed by atoms with van der Waals surface area (Å²) in [6.45, 7) is 4.55. The summed E-state index contributed by atoms with van der Waals surface area (Å²) >= 11 is 30.8. The van der Waals surface area contributed by atoms with Crippen molar-refractivity contribution >= 4 is 69.6 Å². The third-order valence-corrected chi connectivity index (χ3v) is 7.14. The lowest BCUT2D eigenvalue weighted by Crippen LogP contribution is -2.49. The Labute approximate surface area is 212 Å². The van der Waals surface area contributed by atoms with Gasteiger partial charge in [0.2, 0.25) is 0 Å². The number of benzene rings is 2. The monoisotopic (exact) mass is 527 g/mol. The van der Waals surface area contributed by atoms with Crippen molar-refractivity contribution in [1.29, 1.82) is 0 Å². The van der Waals surface area contributed by atoms with Crippen LogP contribution in [0.25, 0.3) is 0 Å². The summed E-state index contributed by atoms with van der Waals surface area (Å²) in [6, 6.07) is 13.0. The third kappa shape index (κ3) is 5.68. The van der Waals surface area contributed by atoms with Crippen LogP contribution in [-0.4, -0.2) is 50.9 Å².